The Labute approximate surface area is 80.1 Å². The van der Waals surface area contributed by atoms with Crippen molar-refractivity contribution in [2.24, 2.45) is 5.41 Å². The molecule has 0 N–H and O–H groups in total. The first kappa shape index (κ1) is 9.80. The Morgan fingerprint density at radius 1 is 1.21 bits per heavy atom. The van der Waals surface area contributed by atoms with Crippen LogP contribution in [0.1, 0.15) is 25.7 Å². The average Bonchev–Trinajstić information content (AvgIpc) is 2.44. The Morgan fingerprint density at radius 3 is 2.21 bits per heavy atom. The zero-order chi connectivity index (χ0) is 10.4. The molecule has 2 aliphatic rings. The lowest BCUT2D eigenvalue weighted by atomic mass is 9.68. The summed E-state index contributed by atoms with van der Waals surface area (Å²) in [5.74, 6) is -1.67. The molecule has 1 spiro atoms. The SMILES string of the molecule is O=C(N1CCC2(CCC2)C1)C(F)(F)F. The summed E-state index contributed by atoms with van der Waals surface area (Å²) in [6.07, 6.45) is -0.901. The van der Waals surface area contributed by atoms with Crippen LogP contribution in [-0.2, 0) is 4.79 Å². The van der Waals surface area contributed by atoms with Crippen LogP contribution in [0.5, 0.6) is 0 Å². The van der Waals surface area contributed by atoms with Gasteiger partial charge < -0.3 is 4.90 Å². The normalized spacial score (nSPS) is 25.2. The highest BCUT2D eigenvalue weighted by Crippen LogP contribution is 2.48. The van der Waals surface area contributed by atoms with E-state index in [-0.39, 0.29) is 12.0 Å². The van der Waals surface area contributed by atoms with E-state index < -0.39 is 12.1 Å². The lowest BCUT2D eigenvalue weighted by molar-refractivity contribution is -0.184. The van der Waals surface area contributed by atoms with Crippen molar-refractivity contribution in [2.75, 3.05) is 13.1 Å². The number of rotatable bonds is 0. The second kappa shape index (κ2) is 2.87. The molecule has 0 aromatic carbocycles. The number of amides is 1. The molecule has 2 nitrogen and oxygen atoms in total. The molecule has 1 heterocycles. The van der Waals surface area contributed by atoms with E-state index in [2.05, 4.69) is 0 Å². The molecule has 1 aliphatic heterocycles. The van der Waals surface area contributed by atoms with E-state index in [0.717, 1.165) is 30.6 Å². The van der Waals surface area contributed by atoms with Crippen molar-refractivity contribution in [3.8, 4) is 0 Å². The van der Waals surface area contributed by atoms with E-state index in [1.165, 1.54) is 0 Å². The van der Waals surface area contributed by atoms with Gasteiger partial charge in [0.1, 0.15) is 0 Å². The van der Waals surface area contributed by atoms with Crippen LogP contribution in [0.4, 0.5) is 13.2 Å². The molecule has 2 fully saturated rings. The van der Waals surface area contributed by atoms with Crippen LogP contribution in [0.25, 0.3) is 0 Å². The monoisotopic (exact) mass is 207 g/mol. The molecule has 5 heteroatoms. The topological polar surface area (TPSA) is 20.3 Å². The predicted molar refractivity (Wildman–Crippen MR) is 43.5 cm³/mol. The highest BCUT2D eigenvalue weighted by molar-refractivity contribution is 5.82. The number of hydrogen-bond acceptors (Lipinski definition) is 1. The molecule has 0 radical (unpaired) electrons. The standard InChI is InChI=1S/C9H12F3NO/c10-9(11,12)7(14)13-5-4-8(6-13)2-1-3-8/h1-6H2. The molecule has 0 bridgehead atoms. The van der Waals surface area contributed by atoms with Crippen molar-refractivity contribution in [1.29, 1.82) is 0 Å². The number of carbonyl (C=O) groups is 1. The van der Waals surface area contributed by atoms with Crippen molar-refractivity contribution in [1.82, 2.24) is 4.90 Å². The maximum Gasteiger partial charge on any atom is 0.471 e. The Morgan fingerprint density at radius 2 is 1.86 bits per heavy atom. The van der Waals surface area contributed by atoms with Gasteiger partial charge in [0.15, 0.2) is 0 Å². The summed E-state index contributed by atoms with van der Waals surface area (Å²) in [6.45, 7) is 0.587. The fraction of sp³-hybridized carbons (Fsp3) is 0.889. The van der Waals surface area contributed by atoms with Crippen LogP contribution >= 0.6 is 0 Å². The maximum atomic E-state index is 12.1. The maximum absolute atomic E-state index is 12.1. The van der Waals surface area contributed by atoms with Crippen molar-refractivity contribution >= 4 is 5.91 Å². The number of hydrogen-bond donors (Lipinski definition) is 0. The van der Waals surface area contributed by atoms with Gasteiger partial charge in [-0.2, -0.15) is 13.2 Å². The first-order valence-corrected chi connectivity index (χ1v) is 4.79. The smallest absolute Gasteiger partial charge is 0.334 e. The Hall–Kier alpha value is -0.740. The van der Waals surface area contributed by atoms with E-state index in [1.807, 2.05) is 0 Å². The van der Waals surface area contributed by atoms with Gasteiger partial charge in [-0.1, -0.05) is 6.42 Å². The molecule has 0 aromatic heterocycles. The number of nitrogens with zero attached hydrogens (tertiary/aromatic N) is 1. The summed E-state index contributed by atoms with van der Waals surface area (Å²) >= 11 is 0. The molecule has 0 unspecified atom stereocenters. The van der Waals surface area contributed by atoms with E-state index in [4.69, 9.17) is 0 Å². The summed E-state index contributed by atoms with van der Waals surface area (Å²) in [7, 11) is 0. The van der Waals surface area contributed by atoms with Crippen LogP contribution < -0.4 is 0 Å². The second-order valence-corrected chi connectivity index (χ2v) is 4.33. The minimum absolute atomic E-state index is 0.0426. The fourth-order valence-electron chi connectivity index (χ4n) is 2.37. The zero-order valence-corrected chi connectivity index (χ0v) is 7.73. The molecular formula is C9H12F3NO. The molecular weight excluding hydrogens is 195 g/mol. The van der Waals surface area contributed by atoms with Gasteiger partial charge in [0.05, 0.1) is 0 Å². The van der Waals surface area contributed by atoms with E-state index in [1.54, 1.807) is 0 Å². The van der Waals surface area contributed by atoms with Gasteiger partial charge in [0, 0.05) is 13.1 Å². The minimum atomic E-state index is -4.70. The van der Waals surface area contributed by atoms with Crippen molar-refractivity contribution in [3.63, 3.8) is 0 Å². The van der Waals surface area contributed by atoms with Gasteiger partial charge in [0.25, 0.3) is 0 Å². The van der Waals surface area contributed by atoms with E-state index in [0.29, 0.717) is 6.54 Å². The molecule has 2 rings (SSSR count). The summed E-state index contributed by atoms with van der Waals surface area (Å²) in [5.41, 5.74) is 0.0426. The molecule has 80 valence electrons. The Bertz CT molecular complexity index is 257. The van der Waals surface area contributed by atoms with Crippen molar-refractivity contribution in [2.45, 2.75) is 31.9 Å². The zero-order valence-electron chi connectivity index (χ0n) is 7.73. The lowest BCUT2D eigenvalue weighted by Crippen LogP contribution is -2.42. The average molecular weight is 207 g/mol. The molecule has 1 saturated heterocycles. The lowest BCUT2D eigenvalue weighted by Gasteiger charge is -2.37. The minimum Gasteiger partial charge on any atom is -0.334 e. The third kappa shape index (κ3) is 1.48. The predicted octanol–water partition coefficient (Wildman–Crippen LogP) is 1.95. The summed E-state index contributed by atoms with van der Waals surface area (Å²) in [6, 6.07) is 0. The van der Waals surface area contributed by atoms with E-state index in [9.17, 15) is 18.0 Å². The van der Waals surface area contributed by atoms with Crippen LogP contribution in [0.3, 0.4) is 0 Å². The third-order valence-electron chi connectivity index (χ3n) is 3.38. The van der Waals surface area contributed by atoms with Crippen LogP contribution in [0.2, 0.25) is 0 Å². The van der Waals surface area contributed by atoms with Crippen LogP contribution in [0, 0.1) is 5.41 Å². The van der Waals surface area contributed by atoms with Crippen LogP contribution in [0.15, 0.2) is 0 Å². The second-order valence-electron chi connectivity index (χ2n) is 4.33. The molecule has 0 atom stereocenters. The summed E-state index contributed by atoms with van der Waals surface area (Å²) < 4.78 is 36.3. The molecule has 1 amide bonds. The van der Waals surface area contributed by atoms with Gasteiger partial charge in [-0.25, -0.2) is 0 Å². The first-order chi connectivity index (χ1) is 6.43. The Kier molecular flexibility index (Phi) is 2.01. The summed E-state index contributed by atoms with van der Waals surface area (Å²) in [4.78, 5) is 11.9. The highest BCUT2D eigenvalue weighted by Gasteiger charge is 2.50. The van der Waals surface area contributed by atoms with Gasteiger partial charge in [-0.15, -0.1) is 0 Å². The number of carbonyl (C=O) groups excluding carboxylic acids is 1. The molecule has 1 saturated carbocycles. The largest absolute Gasteiger partial charge is 0.471 e. The molecule has 0 aromatic rings. The van der Waals surface area contributed by atoms with E-state index >= 15 is 0 Å². The first-order valence-electron chi connectivity index (χ1n) is 4.79. The molecule has 1 aliphatic carbocycles. The van der Waals surface area contributed by atoms with Gasteiger partial charge >= 0.3 is 12.1 Å². The number of likely N-dealkylation sites (tertiary alicyclic amines) is 1. The van der Waals surface area contributed by atoms with Crippen LogP contribution in [-0.4, -0.2) is 30.1 Å². The van der Waals surface area contributed by atoms with Gasteiger partial charge in [-0.05, 0) is 24.7 Å². The van der Waals surface area contributed by atoms with Crippen molar-refractivity contribution < 1.29 is 18.0 Å². The van der Waals surface area contributed by atoms with Gasteiger partial charge in [0.2, 0.25) is 0 Å². The van der Waals surface area contributed by atoms with Gasteiger partial charge in [-0.3, -0.25) is 4.79 Å². The summed E-state index contributed by atoms with van der Waals surface area (Å²) in [5, 5.41) is 0. The Balaban J connectivity index is 1.98. The number of alkyl halides is 3. The number of halogens is 3. The highest BCUT2D eigenvalue weighted by atomic mass is 19.4. The third-order valence-corrected chi connectivity index (χ3v) is 3.38. The fourth-order valence-corrected chi connectivity index (χ4v) is 2.37. The van der Waals surface area contributed by atoms with Crippen molar-refractivity contribution in [3.05, 3.63) is 0 Å². The quantitative estimate of drug-likeness (QED) is 0.594. The molecule has 14 heavy (non-hydrogen) atoms.